The van der Waals surface area contributed by atoms with Gasteiger partial charge in [-0.25, -0.2) is 0 Å². The zero-order valence-electron chi connectivity index (χ0n) is 8.53. The number of aromatic nitrogens is 2. The average molecular weight is 191 g/mol. The fourth-order valence-corrected chi connectivity index (χ4v) is 1.71. The number of anilines is 1. The lowest BCUT2D eigenvalue weighted by Crippen LogP contribution is -1.95. The molecule has 0 atom stereocenters. The maximum atomic E-state index is 5.91. The van der Waals surface area contributed by atoms with Crippen LogP contribution in [0.25, 0.3) is 10.9 Å². The number of ether oxygens (including phenoxy) is 1. The Morgan fingerprint density at radius 2 is 2.14 bits per heavy atom. The molecule has 0 saturated carbocycles. The maximum absolute atomic E-state index is 5.91. The number of rotatable bonds is 1. The zero-order chi connectivity index (χ0) is 10.3. The molecule has 0 aliphatic carbocycles. The van der Waals surface area contributed by atoms with Crippen molar-refractivity contribution in [1.82, 2.24) is 9.78 Å². The van der Waals surface area contributed by atoms with Crippen LogP contribution in [0.15, 0.2) is 12.1 Å². The summed E-state index contributed by atoms with van der Waals surface area (Å²) in [5, 5.41) is 5.35. The quantitative estimate of drug-likeness (QED) is 0.694. The molecule has 1 aromatic carbocycles. The standard InChI is InChI=1S/C10H13N3O/c1-6-8-4-7(14-3)5-9(11)10(8)13(2)12-6/h4-5H,11H2,1-3H3. The molecule has 0 fully saturated rings. The highest BCUT2D eigenvalue weighted by molar-refractivity contribution is 5.93. The molecule has 0 bridgehead atoms. The lowest BCUT2D eigenvalue weighted by Gasteiger charge is -2.03. The summed E-state index contributed by atoms with van der Waals surface area (Å²) in [6, 6.07) is 3.76. The summed E-state index contributed by atoms with van der Waals surface area (Å²) in [5.41, 5.74) is 8.53. The fraction of sp³-hybridized carbons (Fsp3) is 0.300. The Morgan fingerprint density at radius 1 is 1.43 bits per heavy atom. The van der Waals surface area contributed by atoms with Crippen LogP contribution in [0, 0.1) is 6.92 Å². The van der Waals surface area contributed by atoms with Crippen molar-refractivity contribution in [3.8, 4) is 5.75 Å². The number of nitrogen functional groups attached to an aromatic ring is 1. The Kier molecular flexibility index (Phi) is 1.84. The number of nitrogens with zero attached hydrogens (tertiary/aromatic N) is 2. The van der Waals surface area contributed by atoms with E-state index in [1.807, 2.05) is 26.1 Å². The first kappa shape index (κ1) is 8.87. The van der Waals surface area contributed by atoms with E-state index in [9.17, 15) is 0 Å². The third-order valence-corrected chi connectivity index (χ3v) is 2.36. The first-order chi connectivity index (χ1) is 6.63. The first-order valence-electron chi connectivity index (χ1n) is 4.40. The van der Waals surface area contributed by atoms with Gasteiger partial charge in [0.25, 0.3) is 0 Å². The molecule has 1 heterocycles. The first-order valence-corrected chi connectivity index (χ1v) is 4.40. The van der Waals surface area contributed by atoms with Gasteiger partial charge in [-0.05, 0) is 13.0 Å². The second kappa shape index (κ2) is 2.90. The van der Waals surface area contributed by atoms with Crippen molar-refractivity contribution < 1.29 is 4.74 Å². The van der Waals surface area contributed by atoms with Gasteiger partial charge >= 0.3 is 0 Å². The maximum Gasteiger partial charge on any atom is 0.121 e. The van der Waals surface area contributed by atoms with Crippen LogP contribution in [0.2, 0.25) is 0 Å². The van der Waals surface area contributed by atoms with E-state index in [0.29, 0.717) is 5.69 Å². The third kappa shape index (κ3) is 1.11. The Hall–Kier alpha value is -1.71. The van der Waals surface area contributed by atoms with Crippen molar-refractivity contribution in [3.05, 3.63) is 17.8 Å². The van der Waals surface area contributed by atoms with Crippen LogP contribution in [0.3, 0.4) is 0 Å². The number of aryl methyl sites for hydroxylation is 2. The number of hydrogen-bond donors (Lipinski definition) is 1. The highest BCUT2D eigenvalue weighted by atomic mass is 16.5. The molecule has 0 amide bonds. The molecule has 0 aliphatic rings. The van der Waals surface area contributed by atoms with Crippen LogP contribution in [0.1, 0.15) is 5.69 Å². The zero-order valence-corrected chi connectivity index (χ0v) is 8.53. The predicted octanol–water partition coefficient (Wildman–Crippen LogP) is 1.47. The second-order valence-electron chi connectivity index (χ2n) is 3.32. The van der Waals surface area contributed by atoms with Crippen molar-refractivity contribution >= 4 is 16.6 Å². The highest BCUT2D eigenvalue weighted by Gasteiger charge is 2.09. The van der Waals surface area contributed by atoms with E-state index >= 15 is 0 Å². The molecule has 4 heteroatoms. The molecule has 74 valence electrons. The fourth-order valence-electron chi connectivity index (χ4n) is 1.71. The molecule has 0 saturated heterocycles. The summed E-state index contributed by atoms with van der Waals surface area (Å²) in [4.78, 5) is 0. The molecule has 4 nitrogen and oxygen atoms in total. The van der Waals surface area contributed by atoms with Crippen LogP contribution >= 0.6 is 0 Å². The number of hydrogen-bond acceptors (Lipinski definition) is 3. The van der Waals surface area contributed by atoms with Crippen LogP contribution < -0.4 is 10.5 Å². The molecule has 1 aromatic heterocycles. The highest BCUT2D eigenvalue weighted by Crippen LogP contribution is 2.28. The van der Waals surface area contributed by atoms with Crippen molar-refractivity contribution in [3.63, 3.8) is 0 Å². The summed E-state index contributed by atoms with van der Waals surface area (Å²) in [6.45, 7) is 1.96. The predicted molar refractivity (Wildman–Crippen MR) is 56.4 cm³/mol. The summed E-state index contributed by atoms with van der Waals surface area (Å²) in [7, 11) is 3.52. The Labute approximate surface area is 82.3 Å². The SMILES string of the molecule is COc1cc(N)c2c(c1)c(C)nn2C. The van der Waals surface area contributed by atoms with Crippen LogP contribution in [0.4, 0.5) is 5.69 Å². The number of benzene rings is 1. The van der Waals surface area contributed by atoms with Crippen molar-refractivity contribution in [1.29, 1.82) is 0 Å². The third-order valence-electron chi connectivity index (χ3n) is 2.36. The largest absolute Gasteiger partial charge is 0.497 e. The van der Waals surface area contributed by atoms with E-state index < -0.39 is 0 Å². The van der Waals surface area contributed by atoms with Crippen molar-refractivity contribution in [2.24, 2.45) is 7.05 Å². The smallest absolute Gasteiger partial charge is 0.121 e. The number of fused-ring (bicyclic) bond motifs is 1. The summed E-state index contributed by atoms with van der Waals surface area (Å²) in [6.07, 6.45) is 0. The van der Waals surface area contributed by atoms with Crippen LogP contribution in [0.5, 0.6) is 5.75 Å². The second-order valence-corrected chi connectivity index (χ2v) is 3.32. The van der Waals surface area contributed by atoms with E-state index in [4.69, 9.17) is 10.5 Å². The Balaban J connectivity index is 2.86. The molecule has 2 N–H and O–H groups in total. The normalized spacial score (nSPS) is 10.8. The van der Waals surface area contributed by atoms with Gasteiger partial charge in [0.15, 0.2) is 0 Å². The molecule has 14 heavy (non-hydrogen) atoms. The van der Waals surface area contributed by atoms with Crippen molar-refractivity contribution in [2.75, 3.05) is 12.8 Å². The van der Waals surface area contributed by atoms with E-state index in [1.54, 1.807) is 11.8 Å². The number of nitrogens with two attached hydrogens (primary N) is 1. The van der Waals surface area contributed by atoms with Gasteiger partial charge in [0.1, 0.15) is 5.75 Å². The van der Waals surface area contributed by atoms with E-state index in [-0.39, 0.29) is 0 Å². The van der Waals surface area contributed by atoms with E-state index in [1.165, 1.54) is 0 Å². The molecule has 2 rings (SSSR count). The summed E-state index contributed by atoms with van der Waals surface area (Å²) >= 11 is 0. The number of methoxy groups -OCH3 is 1. The topological polar surface area (TPSA) is 53.1 Å². The van der Waals surface area contributed by atoms with Gasteiger partial charge < -0.3 is 10.5 Å². The molecule has 0 radical (unpaired) electrons. The summed E-state index contributed by atoms with van der Waals surface area (Å²) < 4.78 is 6.94. The Morgan fingerprint density at radius 3 is 2.79 bits per heavy atom. The molecule has 0 aliphatic heterocycles. The monoisotopic (exact) mass is 191 g/mol. The molecular weight excluding hydrogens is 178 g/mol. The van der Waals surface area contributed by atoms with Gasteiger partial charge in [-0.1, -0.05) is 0 Å². The average Bonchev–Trinajstić information content (AvgIpc) is 2.42. The lowest BCUT2D eigenvalue weighted by atomic mass is 10.2. The van der Waals surface area contributed by atoms with Crippen molar-refractivity contribution in [2.45, 2.75) is 6.92 Å². The lowest BCUT2D eigenvalue weighted by molar-refractivity contribution is 0.415. The van der Waals surface area contributed by atoms with Gasteiger partial charge in [-0.2, -0.15) is 5.10 Å². The van der Waals surface area contributed by atoms with Gasteiger partial charge in [-0.3, -0.25) is 4.68 Å². The van der Waals surface area contributed by atoms with Gasteiger partial charge in [0.05, 0.1) is 24.0 Å². The molecular formula is C10H13N3O. The van der Waals surface area contributed by atoms with Gasteiger partial charge in [-0.15, -0.1) is 0 Å². The van der Waals surface area contributed by atoms with E-state index in [2.05, 4.69) is 5.10 Å². The molecule has 2 aromatic rings. The molecule has 0 unspecified atom stereocenters. The minimum absolute atomic E-state index is 0.697. The molecule has 0 spiro atoms. The minimum atomic E-state index is 0.697. The van der Waals surface area contributed by atoms with E-state index in [0.717, 1.165) is 22.3 Å². The van der Waals surface area contributed by atoms with Gasteiger partial charge in [0, 0.05) is 18.5 Å². The Bertz CT molecular complexity index is 488. The van der Waals surface area contributed by atoms with Crippen LogP contribution in [-0.2, 0) is 7.05 Å². The van der Waals surface area contributed by atoms with Crippen LogP contribution in [-0.4, -0.2) is 16.9 Å². The van der Waals surface area contributed by atoms with Gasteiger partial charge in [0.2, 0.25) is 0 Å². The minimum Gasteiger partial charge on any atom is -0.497 e. The summed E-state index contributed by atoms with van der Waals surface area (Å²) in [5.74, 6) is 0.770.